The third-order valence-electron chi connectivity index (χ3n) is 12.8. The van der Waals surface area contributed by atoms with Gasteiger partial charge in [-0.3, -0.25) is 23.4 Å². The quantitative estimate of drug-likeness (QED) is 0.0197. The van der Waals surface area contributed by atoms with Gasteiger partial charge in [0.2, 0.25) is 0 Å². The molecule has 0 aromatic carbocycles. The first-order chi connectivity index (χ1) is 37.2. The molecule has 0 radical (unpaired) electrons. The minimum absolute atomic E-state index is 0.146. The van der Waals surface area contributed by atoms with Gasteiger partial charge in [0.1, 0.15) is 12.7 Å². The topological polar surface area (TPSA) is 155 Å². The van der Waals surface area contributed by atoms with E-state index >= 15 is 0 Å². The molecule has 2 N–H and O–H groups in total. The largest absolute Gasteiger partial charge is 0.472 e. The van der Waals surface area contributed by atoms with Gasteiger partial charge in [0.15, 0.2) is 6.10 Å². The van der Waals surface area contributed by atoms with Crippen LogP contribution >= 0.6 is 7.82 Å². The molecule has 0 aromatic rings. The zero-order valence-electron chi connectivity index (χ0n) is 48.5. The van der Waals surface area contributed by atoms with E-state index in [1.165, 1.54) is 70.6 Å². The Hall–Kier alpha value is -3.34. The van der Waals surface area contributed by atoms with Gasteiger partial charge in [-0.1, -0.05) is 234 Å². The molecule has 0 amide bonds. The molecule has 76 heavy (non-hydrogen) atoms. The summed E-state index contributed by atoms with van der Waals surface area (Å²) in [6.07, 6.45) is 66.8. The molecule has 438 valence electrons. The first kappa shape index (κ1) is 72.7. The maximum atomic E-state index is 12.9. The molecular formula is C64H111O11P. The van der Waals surface area contributed by atoms with Crippen LogP contribution in [0.5, 0.6) is 0 Å². The van der Waals surface area contributed by atoms with Gasteiger partial charge < -0.3 is 24.2 Å². The van der Waals surface area contributed by atoms with E-state index in [1.807, 2.05) is 0 Å². The van der Waals surface area contributed by atoms with Gasteiger partial charge in [0, 0.05) is 19.3 Å². The number of aliphatic hydroxyl groups is 1. The van der Waals surface area contributed by atoms with E-state index in [2.05, 4.69) is 106 Å². The van der Waals surface area contributed by atoms with Crippen LogP contribution in [0.2, 0.25) is 0 Å². The molecule has 0 bridgehead atoms. The first-order valence-corrected chi connectivity index (χ1v) is 32.0. The molecule has 0 saturated carbocycles. The molecule has 0 rings (SSSR count). The summed E-state index contributed by atoms with van der Waals surface area (Å²) in [7, 11) is -4.76. The average Bonchev–Trinajstić information content (AvgIpc) is 3.41. The van der Waals surface area contributed by atoms with Crippen molar-refractivity contribution in [2.45, 2.75) is 277 Å². The third-order valence-corrected chi connectivity index (χ3v) is 13.8. The second kappa shape index (κ2) is 57.8. The highest BCUT2D eigenvalue weighted by Gasteiger charge is 2.28. The predicted molar refractivity (Wildman–Crippen MR) is 316 cm³/mol. The second-order valence-electron chi connectivity index (χ2n) is 20.1. The Morgan fingerprint density at radius 1 is 0.382 bits per heavy atom. The lowest BCUT2D eigenvalue weighted by molar-refractivity contribution is -0.161. The fraction of sp³-hybridized carbons (Fsp3) is 0.734. The highest BCUT2D eigenvalue weighted by molar-refractivity contribution is 7.47. The number of esters is 3. The lowest BCUT2D eigenvalue weighted by Crippen LogP contribution is -2.30. The predicted octanol–water partition coefficient (Wildman–Crippen LogP) is 18.3. The number of ether oxygens (including phenoxy) is 3. The van der Waals surface area contributed by atoms with Crippen LogP contribution in [-0.4, -0.2) is 66.5 Å². The Labute approximate surface area is 464 Å². The van der Waals surface area contributed by atoms with Gasteiger partial charge in [-0.05, 0) is 96.3 Å². The third kappa shape index (κ3) is 55.4. The van der Waals surface area contributed by atoms with Crippen LogP contribution in [-0.2, 0) is 42.2 Å². The van der Waals surface area contributed by atoms with Crippen LogP contribution in [0.3, 0.4) is 0 Å². The number of hydrogen-bond donors (Lipinski definition) is 2. The Bertz CT molecular complexity index is 1600. The molecule has 3 atom stereocenters. The lowest BCUT2D eigenvalue weighted by atomic mass is 10.1. The van der Waals surface area contributed by atoms with Gasteiger partial charge in [-0.2, -0.15) is 0 Å². The minimum Gasteiger partial charge on any atom is -0.462 e. The van der Waals surface area contributed by atoms with Gasteiger partial charge in [0.25, 0.3) is 0 Å². The van der Waals surface area contributed by atoms with Crippen molar-refractivity contribution in [3.05, 3.63) is 85.1 Å². The molecule has 3 unspecified atom stereocenters. The average molecular weight is 1090 g/mol. The van der Waals surface area contributed by atoms with Crippen LogP contribution in [0.4, 0.5) is 0 Å². The zero-order valence-corrected chi connectivity index (χ0v) is 49.3. The molecule has 0 aliphatic carbocycles. The summed E-state index contributed by atoms with van der Waals surface area (Å²) in [6, 6.07) is 0. The molecule has 12 heteroatoms. The molecule has 0 aliphatic rings. The van der Waals surface area contributed by atoms with E-state index in [1.54, 1.807) is 0 Å². The Morgan fingerprint density at radius 3 is 1.08 bits per heavy atom. The molecule has 0 heterocycles. The van der Waals surface area contributed by atoms with Gasteiger partial charge in [-0.25, -0.2) is 4.57 Å². The van der Waals surface area contributed by atoms with Crippen LogP contribution in [0, 0.1) is 0 Å². The molecular weight excluding hydrogens is 976 g/mol. The number of unbranched alkanes of at least 4 members (excludes halogenated alkanes) is 25. The maximum Gasteiger partial charge on any atom is 0.472 e. The first-order valence-electron chi connectivity index (χ1n) is 30.5. The molecule has 0 spiro atoms. The van der Waals surface area contributed by atoms with Crippen molar-refractivity contribution < 1.29 is 52.2 Å². The molecule has 0 aromatic heterocycles. The van der Waals surface area contributed by atoms with E-state index in [-0.39, 0.29) is 25.9 Å². The smallest absolute Gasteiger partial charge is 0.462 e. The van der Waals surface area contributed by atoms with Crippen molar-refractivity contribution in [3.63, 3.8) is 0 Å². The fourth-order valence-corrected chi connectivity index (χ4v) is 8.96. The van der Waals surface area contributed by atoms with Crippen molar-refractivity contribution >= 4 is 25.7 Å². The number of phosphoric ester groups is 1. The fourth-order valence-electron chi connectivity index (χ4n) is 8.18. The number of phosphoric acid groups is 1. The van der Waals surface area contributed by atoms with E-state index in [0.29, 0.717) is 19.3 Å². The lowest BCUT2D eigenvalue weighted by Gasteiger charge is -2.21. The van der Waals surface area contributed by atoms with Gasteiger partial charge in [0.05, 0.1) is 19.8 Å². The summed E-state index contributed by atoms with van der Waals surface area (Å²) in [4.78, 5) is 48.6. The Balaban J connectivity index is 4.76. The number of aliphatic hydroxyl groups excluding tert-OH is 1. The summed E-state index contributed by atoms with van der Waals surface area (Å²) in [5.74, 6) is -1.49. The number of hydrogen-bond acceptors (Lipinski definition) is 10. The van der Waals surface area contributed by atoms with Crippen LogP contribution in [0.15, 0.2) is 85.1 Å². The van der Waals surface area contributed by atoms with Crippen molar-refractivity contribution in [1.82, 2.24) is 0 Å². The number of allylic oxidation sites excluding steroid dienone is 14. The molecule has 0 aliphatic heterocycles. The molecule has 11 nitrogen and oxygen atoms in total. The van der Waals surface area contributed by atoms with E-state index < -0.39 is 57.8 Å². The van der Waals surface area contributed by atoms with Crippen LogP contribution in [0.1, 0.15) is 265 Å². The SMILES string of the molecule is CC/C=C\C/C=C\C/C=C\C/C=C\CCCCCCCCC(=O)OC(COC(=O)CCCCCCCC/C=C\C/C=C\C/C=C\CCCCC)COP(=O)(O)OCC(CO)OC(=O)CCCCCCCCCCCCC. The highest BCUT2D eigenvalue weighted by Crippen LogP contribution is 2.43. The second-order valence-corrected chi connectivity index (χ2v) is 21.6. The van der Waals surface area contributed by atoms with Crippen molar-refractivity contribution in [3.8, 4) is 0 Å². The summed E-state index contributed by atoms with van der Waals surface area (Å²) >= 11 is 0. The zero-order chi connectivity index (χ0) is 55.5. The minimum atomic E-state index is -4.76. The highest BCUT2D eigenvalue weighted by atomic mass is 31.2. The van der Waals surface area contributed by atoms with E-state index in [0.717, 1.165) is 135 Å². The Kier molecular flexibility index (Phi) is 55.3. The maximum absolute atomic E-state index is 12.9. The van der Waals surface area contributed by atoms with Gasteiger partial charge in [-0.15, -0.1) is 0 Å². The number of carbonyl (C=O) groups excluding carboxylic acids is 3. The van der Waals surface area contributed by atoms with Crippen LogP contribution < -0.4 is 0 Å². The number of carbonyl (C=O) groups is 3. The Morgan fingerprint density at radius 2 is 0.684 bits per heavy atom. The molecule has 0 fully saturated rings. The molecule has 0 saturated heterocycles. The normalized spacial score (nSPS) is 13.9. The summed E-state index contributed by atoms with van der Waals surface area (Å²) < 4.78 is 39.6. The van der Waals surface area contributed by atoms with Gasteiger partial charge >= 0.3 is 25.7 Å². The van der Waals surface area contributed by atoms with E-state index in [9.17, 15) is 28.9 Å². The van der Waals surface area contributed by atoms with Crippen molar-refractivity contribution in [2.24, 2.45) is 0 Å². The number of rotatable bonds is 56. The monoisotopic (exact) mass is 1090 g/mol. The van der Waals surface area contributed by atoms with Crippen LogP contribution in [0.25, 0.3) is 0 Å². The van der Waals surface area contributed by atoms with Crippen molar-refractivity contribution in [2.75, 3.05) is 26.4 Å². The summed E-state index contributed by atoms with van der Waals surface area (Å²) in [5.41, 5.74) is 0. The van der Waals surface area contributed by atoms with Crippen molar-refractivity contribution in [1.29, 1.82) is 0 Å². The standard InChI is InChI=1S/C64H111O11P/c1-4-7-10-13-16-19-22-24-26-28-30-32-34-36-39-41-44-47-50-53-62(66)71-57-61(75-64(68)55-52-49-46-43-40-37-35-33-31-29-27-25-23-20-17-14-11-8-5-2)59-73-76(69,70)72-58-60(56-65)74-63(67)54-51-48-45-42-38-21-18-15-12-9-6-3/h8,11,16-17,19-20,24-27,30-33,60-61,65H,4-7,9-10,12-15,18,21-23,28-29,34-59H2,1-3H3,(H,69,70)/b11-8-,19-16-,20-17-,26-24-,27-25-,32-30-,33-31-. The summed E-state index contributed by atoms with van der Waals surface area (Å²) in [5, 5.41) is 9.81. The summed E-state index contributed by atoms with van der Waals surface area (Å²) in [6.45, 7) is 4.48. The van der Waals surface area contributed by atoms with E-state index in [4.69, 9.17) is 23.3 Å².